The predicted molar refractivity (Wildman–Crippen MR) is 136 cm³/mol. The molecule has 37 heavy (non-hydrogen) atoms. The average molecular weight is 497 g/mol. The van der Waals surface area contributed by atoms with Crippen LogP contribution >= 0.6 is 0 Å². The SMILES string of the molecule is COc1ccc(C2C(C#N)=C(N)Oc3cc(OC(=O)c4oc5ccc(C)cc5c4C)ccc32)c(OC)c1. The van der Waals surface area contributed by atoms with Crippen molar-refractivity contribution >= 4 is 16.9 Å². The van der Waals surface area contributed by atoms with Gasteiger partial charge in [0.2, 0.25) is 11.6 Å². The molecule has 0 amide bonds. The summed E-state index contributed by atoms with van der Waals surface area (Å²) in [6, 6.07) is 18.2. The molecule has 0 saturated heterocycles. The maximum absolute atomic E-state index is 13.0. The van der Waals surface area contributed by atoms with Crippen LogP contribution in [0, 0.1) is 25.2 Å². The quantitative estimate of drug-likeness (QED) is 0.284. The number of fused-ring (bicyclic) bond motifs is 2. The van der Waals surface area contributed by atoms with E-state index in [4.69, 9.17) is 29.1 Å². The van der Waals surface area contributed by atoms with Crippen molar-refractivity contribution in [1.29, 1.82) is 5.26 Å². The third-order valence-corrected chi connectivity index (χ3v) is 6.43. The molecular weight excluding hydrogens is 472 g/mol. The minimum absolute atomic E-state index is 0.0372. The molecule has 0 saturated carbocycles. The van der Waals surface area contributed by atoms with Crippen molar-refractivity contribution in [3.8, 4) is 29.1 Å². The molecule has 8 nitrogen and oxygen atoms in total. The second-order valence-electron chi connectivity index (χ2n) is 8.68. The molecule has 0 aliphatic carbocycles. The number of hydrogen-bond donors (Lipinski definition) is 1. The van der Waals surface area contributed by atoms with E-state index in [0.717, 1.165) is 10.9 Å². The zero-order valence-corrected chi connectivity index (χ0v) is 20.7. The molecule has 5 rings (SSSR count). The molecule has 0 fully saturated rings. The van der Waals surface area contributed by atoms with E-state index >= 15 is 0 Å². The number of ether oxygens (including phenoxy) is 4. The summed E-state index contributed by atoms with van der Waals surface area (Å²) in [5.41, 5.74) is 10.2. The minimum Gasteiger partial charge on any atom is -0.497 e. The fourth-order valence-corrected chi connectivity index (χ4v) is 4.56. The Hall–Kier alpha value is -4.90. The normalized spacial score (nSPS) is 14.5. The van der Waals surface area contributed by atoms with Gasteiger partial charge in [-0.1, -0.05) is 23.8 Å². The number of methoxy groups -OCH3 is 2. The van der Waals surface area contributed by atoms with Crippen LogP contribution in [0.5, 0.6) is 23.0 Å². The highest BCUT2D eigenvalue weighted by Crippen LogP contribution is 2.46. The first-order valence-electron chi connectivity index (χ1n) is 11.5. The summed E-state index contributed by atoms with van der Waals surface area (Å²) in [7, 11) is 3.11. The van der Waals surface area contributed by atoms with Crippen LogP contribution in [-0.4, -0.2) is 20.2 Å². The van der Waals surface area contributed by atoms with Crippen LogP contribution in [0.1, 0.15) is 38.7 Å². The number of allylic oxidation sites excluding steroid dienone is 1. The van der Waals surface area contributed by atoms with Crippen molar-refractivity contribution in [3.63, 3.8) is 0 Å². The van der Waals surface area contributed by atoms with Crippen molar-refractivity contribution in [3.05, 3.63) is 94.1 Å². The summed E-state index contributed by atoms with van der Waals surface area (Å²) in [5.74, 6) is 0.661. The van der Waals surface area contributed by atoms with Gasteiger partial charge in [0.25, 0.3) is 0 Å². The highest BCUT2D eigenvalue weighted by Gasteiger charge is 2.33. The molecule has 2 N–H and O–H groups in total. The van der Waals surface area contributed by atoms with E-state index in [1.165, 1.54) is 0 Å². The monoisotopic (exact) mass is 496 g/mol. The topological polar surface area (TPSA) is 117 Å². The predicted octanol–water partition coefficient (Wildman–Crippen LogP) is 5.50. The van der Waals surface area contributed by atoms with Gasteiger partial charge in [-0.3, -0.25) is 0 Å². The summed E-state index contributed by atoms with van der Waals surface area (Å²) in [6.45, 7) is 3.79. The van der Waals surface area contributed by atoms with Crippen LogP contribution in [0.25, 0.3) is 11.0 Å². The Bertz CT molecular complexity index is 1630. The summed E-state index contributed by atoms with van der Waals surface area (Å²) in [6.07, 6.45) is 0. The Morgan fingerprint density at radius 2 is 1.73 bits per heavy atom. The summed E-state index contributed by atoms with van der Waals surface area (Å²) in [5, 5.41) is 10.7. The highest BCUT2D eigenvalue weighted by molar-refractivity contribution is 5.97. The van der Waals surface area contributed by atoms with Crippen molar-refractivity contribution in [2.75, 3.05) is 14.2 Å². The summed E-state index contributed by atoms with van der Waals surface area (Å²) in [4.78, 5) is 13.0. The van der Waals surface area contributed by atoms with Crippen LogP contribution in [0.4, 0.5) is 0 Å². The molecule has 0 radical (unpaired) electrons. The van der Waals surface area contributed by atoms with E-state index in [9.17, 15) is 10.1 Å². The molecule has 186 valence electrons. The van der Waals surface area contributed by atoms with Crippen LogP contribution < -0.4 is 24.7 Å². The fraction of sp³-hybridized carbons (Fsp3) is 0.172. The molecular formula is C29H24N2O6. The molecule has 1 atom stereocenters. The Morgan fingerprint density at radius 1 is 0.973 bits per heavy atom. The van der Waals surface area contributed by atoms with Gasteiger partial charge in [-0.15, -0.1) is 0 Å². The van der Waals surface area contributed by atoms with Crippen molar-refractivity contribution in [2.24, 2.45) is 5.73 Å². The fourth-order valence-electron chi connectivity index (χ4n) is 4.56. The van der Waals surface area contributed by atoms with Crippen LogP contribution in [0.2, 0.25) is 0 Å². The van der Waals surface area contributed by atoms with Gasteiger partial charge in [0.05, 0.1) is 20.1 Å². The van der Waals surface area contributed by atoms with Crippen molar-refractivity contribution < 1.29 is 28.2 Å². The number of esters is 1. The number of rotatable bonds is 5. The Labute approximate surface area is 213 Å². The minimum atomic E-state index is -0.628. The van der Waals surface area contributed by atoms with E-state index in [-0.39, 0.29) is 23.0 Å². The largest absolute Gasteiger partial charge is 0.497 e. The van der Waals surface area contributed by atoms with E-state index in [0.29, 0.717) is 39.5 Å². The van der Waals surface area contributed by atoms with Crippen molar-refractivity contribution in [1.82, 2.24) is 0 Å². The molecule has 3 aromatic carbocycles. The van der Waals surface area contributed by atoms with Crippen LogP contribution in [-0.2, 0) is 0 Å². The summed E-state index contributed by atoms with van der Waals surface area (Å²) >= 11 is 0. The van der Waals surface area contributed by atoms with Gasteiger partial charge in [0.1, 0.15) is 40.2 Å². The number of hydrogen-bond acceptors (Lipinski definition) is 8. The van der Waals surface area contributed by atoms with Gasteiger partial charge in [-0.2, -0.15) is 5.26 Å². The lowest BCUT2D eigenvalue weighted by molar-refractivity contribution is 0.0702. The van der Waals surface area contributed by atoms with E-state index < -0.39 is 11.9 Å². The molecule has 0 spiro atoms. The maximum Gasteiger partial charge on any atom is 0.379 e. The smallest absolute Gasteiger partial charge is 0.379 e. The second kappa shape index (κ2) is 9.28. The Morgan fingerprint density at radius 3 is 2.46 bits per heavy atom. The third-order valence-electron chi connectivity index (χ3n) is 6.43. The third kappa shape index (κ3) is 4.10. The van der Waals surface area contributed by atoms with E-state index in [2.05, 4.69) is 6.07 Å². The van der Waals surface area contributed by atoms with Gasteiger partial charge in [-0.05, 0) is 38.1 Å². The van der Waals surface area contributed by atoms with Gasteiger partial charge in [-0.25, -0.2) is 4.79 Å². The van der Waals surface area contributed by atoms with E-state index in [1.807, 2.05) is 38.1 Å². The number of carbonyl (C=O) groups is 1. The zero-order chi connectivity index (χ0) is 26.3. The van der Waals surface area contributed by atoms with Gasteiger partial charge < -0.3 is 29.1 Å². The number of nitrogens with two attached hydrogens (primary N) is 1. The molecule has 0 bridgehead atoms. The molecule has 1 aliphatic heterocycles. The zero-order valence-electron chi connectivity index (χ0n) is 20.7. The van der Waals surface area contributed by atoms with Gasteiger partial charge in [0, 0.05) is 34.2 Å². The lowest BCUT2D eigenvalue weighted by Gasteiger charge is -2.27. The standard InChI is InChI=1S/C29H24N2O6/c1-15-5-10-23-21(11-15)16(2)27(36-23)29(32)35-18-7-9-20-25(13-18)37-28(31)22(14-30)26(20)19-8-6-17(33-3)12-24(19)34-4/h5-13,26H,31H2,1-4H3. The van der Waals surface area contributed by atoms with Crippen molar-refractivity contribution in [2.45, 2.75) is 19.8 Å². The Balaban J connectivity index is 1.51. The molecule has 4 aromatic rings. The lowest BCUT2D eigenvalue weighted by Crippen LogP contribution is -2.21. The molecule has 1 unspecified atom stereocenters. The van der Waals surface area contributed by atoms with Crippen LogP contribution in [0.15, 0.2) is 70.5 Å². The summed E-state index contributed by atoms with van der Waals surface area (Å²) < 4.78 is 28.1. The van der Waals surface area contributed by atoms with Crippen LogP contribution in [0.3, 0.4) is 0 Å². The number of furan rings is 1. The number of aryl methyl sites for hydroxylation is 2. The molecule has 8 heteroatoms. The maximum atomic E-state index is 13.0. The first-order chi connectivity index (χ1) is 17.8. The lowest BCUT2D eigenvalue weighted by atomic mass is 9.83. The molecule has 1 aliphatic rings. The Kier molecular flexibility index (Phi) is 5.98. The molecule has 2 heterocycles. The highest BCUT2D eigenvalue weighted by atomic mass is 16.5. The second-order valence-corrected chi connectivity index (χ2v) is 8.68. The average Bonchev–Trinajstić information content (AvgIpc) is 3.23. The van der Waals surface area contributed by atoms with Gasteiger partial charge in [0.15, 0.2) is 0 Å². The first kappa shape index (κ1) is 23.8. The number of nitrogens with zero attached hydrogens (tertiary/aromatic N) is 1. The first-order valence-corrected chi connectivity index (χ1v) is 11.5. The van der Waals surface area contributed by atoms with E-state index in [1.54, 1.807) is 44.6 Å². The molecule has 1 aromatic heterocycles. The van der Waals surface area contributed by atoms with Gasteiger partial charge >= 0.3 is 5.97 Å². The number of carbonyl (C=O) groups excluding carboxylic acids is 1. The number of nitriles is 1. The number of benzene rings is 3.